The maximum atomic E-state index is 13.1. The van der Waals surface area contributed by atoms with Crippen molar-refractivity contribution in [1.82, 2.24) is 23.1 Å². The first-order valence-electron chi connectivity index (χ1n) is 9.35. The van der Waals surface area contributed by atoms with Crippen molar-refractivity contribution in [3.8, 4) is 17.2 Å². The number of fused-ring (bicyclic) bond motifs is 3. The van der Waals surface area contributed by atoms with E-state index in [-0.39, 0.29) is 11.2 Å². The summed E-state index contributed by atoms with van der Waals surface area (Å²) in [5.74, 6) is 1.82. The lowest BCUT2D eigenvalue weighted by Crippen LogP contribution is -2.39. The Morgan fingerprint density at radius 2 is 1.90 bits per heavy atom. The van der Waals surface area contributed by atoms with Crippen molar-refractivity contribution >= 4 is 16.9 Å². The van der Waals surface area contributed by atoms with Gasteiger partial charge in [-0.15, -0.1) is 0 Å². The lowest BCUT2D eigenvalue weighted by atomic mass is 10.2. The predicted octanol–water partition coefficient (Wildman–Crippen LogP) is 1.87. The summed E-state index contributed by atoms with van der Waals surface area (Å²) in [5.41, 5.74) is 1.60. The number of imidazole rings is 2. The molecule has 0 bridgehead atoms. The summed E-state index contributed by atoms with van der Waals surface area (Å²) >= 11 is 0. The van der Waals surface area contributed by atoms with Gasteiger partial charge in [-0.3, -0.25) is 22.9 Å². The zero-order valence-corrected chi connectivity index (χ0v) is 17.1. The first-order chi connectivity index (χ1) is 13.9. The van der Waals surface area contributed by atoms with Crippen molar-refractivity contribution in [3.63, 3.8) is 0 Å². The van der Waals surface area contributed by atoms with Crippen LogP contribution in [-0.2, 0) is 13.6 Å². The summed E-state index contributed by atoms with van der Waals surface area (Å²) in [5, 5.41) is 0. The third-order valence-electron chi connectivity index (χ3n) is 5.10. The van der Waals surface area contributed by atoms with Crippen LogP contribution in [0.4, 0.5) is 0 Å². The quantitative estimate of drug-likeness (QED) is 0.513. The van der Waals surface area contributed by atoms with Crippen molar-refractivity contribution in [1.29, 1.82) is 0 Å². The van der Waals surface area contributed by atoms with Crippen molar-refractivity contribution in [3.05, 3.63) is 50.9 Å². The van der Waals surface area contributed by atoms with E-state index in [0.29, 0.717) is 41.4 Å². The minimum Gasteiger partial charge on any atom is -0.497 e. The molecule has 0 radical (unpaired) electrons. The van der Waals surface area contributed by atoms with Crippen LogP contribution in [0, 0.1) is 6.92 Å². The molecule has 4 rings (SSSR count). The molecule has 0 aliphatic carbocycles. The number of nitrogens with zero attached hydrogens (tertiary/aromatic N) is 5. The fraction of sp³-hybridized carbons (Fsp3) is 0.350. The van der Waals surface area contributed by atoms with Crippen molar-refractivity contribution in [2.45, 2.75) is 26.8 Å². The van der Waals surface area contributed by atoms with Gasteiger partial charge in [-0.2, -0.15) is 4.98 Å². The Balaban J connectivity index is 2.13. The zero-order valence-electron chi connectivity index (χ0n) is 17.1. The van der Waals surface area contributed by atoms with Gasteiger partial charge in [-0.1, -0.05) is 6.92 Å². The maximum Gasteiger partial charge on any atom is 0.332 e. The van der Waals surface area contributed by atoms with Crippen molar-refractivity contribution in [2.75, 3.05) is 14.2 Å². The second-order valence-corrected chi connectivity index (χ2v) is 6.90. The molecule has 3 heterocycles. The van der Waals surface area contributed by atoms with Gasteiger partial charge in [0.05, 0.1) is 19.9 Å². The van der Waals surface area contributed by atoms with E-state index in [1.54, 1.807) is 25.7 Å². The normalized spacial score (nSPS) is 11.5. The SMILES string of the molecule is CCCn1c(=O)c2c(nc3n(-c4cc(OC)ccc4OC)c(C)cn23)n(C)c1=O. The van der Waals surface area contributed by atoms with E-state index in [0.717, 1.165) is 11.4 Å². The van der Waals surface area contributed by atoms with Crippen LogP contribution in [0.3, 0.4) is 0 Å². The molecule has 1 aromatic carbocycles. The molecule has 0 N–H and O–H groups in total. The van der Waals surface area contributed by atoms with Gasteiger partial charge in [0.1, 0.15) is 11.5 Å². The summed E-state index contributed by atoms with van der Waals surface area (Å²) in [6, 6.07) is 5.48. The summed E-state index contributed by atoms with van der Waals surface area (Å²) in [6.45, 7) is 4.21. The molecule has 0 saturated carbocycles. The Hall–Kier alpha value is -3.49. The van der Waals surface area contributed by atoms with Crippen LogP contribution in [-0.4, -0.2) is 37.3 Å². The number of hydrogen-bond acceptors (Lipinski definition) is 5. The highest BCUT2D eigenvalue weighted by molar-refractivity contribution is 5.77. The van der Waals surface area contributed by atoms with Crippen LogP contribution in [0.15, 0.2) is 34.0 Å². The molecular formula is C20H23N5O4. The molecule has 0 aliphatic rings. The second kappa shape index (κ2) is 6.84. The minimum atomic E-state index is -0.368. The molecule has 0 aliphatic heterocycles. The third-order valence-corrected chi connectivity index (χ3v) is 5.10. The molecule has 3 aromatic heterocycles. The van der Waals surface area contributed by atoms with Crippen molar-refractivity contribution < 1.29 is 9.47 Å². The van der Waals surface area contributed by atoms with E-state index in [4.69, 9.17) is 9.47 Å². The highest BCUT2D eigenvalue weighted by Gasteiger charge is 2.22. The number of aromatic nitrogens is 5. The third kappa shape index (κ3) is 2.65. The average Bonchev–Trinajstić information content (AvgIpc) is 3.23. The van der Waals surface area contributed by atoms with Gasteiger partial charge < -0.3 is 9.47 Å². The van der Waals surface area contributed by atoms with Gasteiger partial charge in [-0.25, -0.2) is 4.79 Å². The first kappa shape index (κ1) is 18.9. The van der Waals surface area contributed by atoms with E-state index in [1.165, 1.54) is 9.13 Å². The fourth-order valence-corrected chi connectivity index (χ4v) is 3.70. The Bertz CT molecular complexity index is 1360. The van der Waals surface area contributed by atoms with Crippen LogP contribution in [0.25, 0.3) is 22.6 Å². The Morgan fingerprint density at radius 3 is 2.55 bits per heavy atom. The molecule has 0 fully saturated rings. The van der Waals surface area contributed by atoms with Gasteiger partial charge in [0.2, 0.25) is 5.78 Å². The van der Waals surface area contributed by atoms with Crippen LogP contribution in [0.5, 0.6) is 11.5 Å². The van der Waals surface area contributed by atoms with Gasteiger partial charge >= 0.3 is 5.69 Å². The summed E-state index contributed by atoms with van der Waals surface area (Å²) < 4.78 is 17.2. The first-order valence-corrected chi connectivity index (χ1v) is 9.35. The van der Waals surface area contributed by atoms with E-state index < -0.39 is 0 Å². The Morgan fingerprint density at radius 1 is 1.14 bits per heavy atom. The number of rotatable bonds is 5. The van der Waals surface area contributed by atoms with Gasteiger partial charge in [0.25, 0.3) is 5.56 Å². The van der Waals surface area contributed by atoms with E-state index in [9.17, 15) is 9.59 Å². The molecule has 9 nitrogen and oxygen atoms in total. The molecule has 0 spiro atoms. The van der Waals surface area contributed by atoms with E-state index >= 15 is 0 Å². The van der Waals surface area contributed by atoms with Crippen LogP contribution in [0.1, 0.15) is 19.0 Å². The second-order valence-electron chi connectivity index (χ2n) is 6.90. The number of aryl methyl sites for hydroxylation is 2. The lowest BCUT2D eigenvalue weighted by Gasteiger charge is -2.12. The standard InChI is InChI=1S/C20H23N5O4/c1-6-9-23-18(26)16-17(22(3)20(23)27)21-19-24(16)11-12(2)25(19)14-10-13(28-4)7-8-15(14)29-5/h7-8,10-11H,6,9H2,1-5H3. The molecule has 0 saturated heterocycles. The molecular weight excluding hydrogens is 374 g/mol. The van der Waals surface area contributed by atoms with Gasteiger partial charge in [-0.05, 0) is 25.5 Å². The lowest BCUT2D eigenvalue weighted by molar-refractivity contribution is 0.401. The maximum absolute atomic E-state index is 13.1. The molecule has 29 heavy (non-hydrogen) atoms. The smallest absolute Gasteiger partial charge is 0.332 e. The number of benzene rings is 1. The zero-order chi connectivity index (χ0) is 20.9. The predicted molar refractivity (Wildman–Crippen MR) is 110 cm³/mol. The molecule has 4 aromatic rings. The molecule has 9 heteroatoms. The highest BCUT2D eigenvalue weighted by Crippen LogP contribution is 2.31. The Kier molecular flexibility index (Phi) is 4.45. The molecule has 0 unspecified atom stereocenters. The van der Waals surface area contributed by atoms with Crippen LogP contribution in [0.2, 0.25) is 0 Å². The minimum absolute atomic E-state index is 0.341. The Labute approximate surface area is 166 Å². The van der Waals surface area contributed by atoms with Gasteiger partial charge in [0, 0.05) is 31.5 Å². The molecule has 0 amide bonds. The van der Waals surface area contributed by atoms with Crippen LogP contribution >= 0.6 is 0 Å². The topological polar surface area (TPSA) is 84.7 Å². The fourth-order valence-electron chi connectivity index (χ4n) is 3.70. The van der Waals surface area contributed by atoms with E-state index in [1.807, 2.05) is 42.8 Å². The largest absolute Gasteiger partial charge is 0.497 e. The van der Waals surface area contributed by atoms with Gasteiger partial charge in [0.15, 0.2) is 11.2 Å². The monoisotopic (exact) mass is 397 g/mol. The number of hydrogen-bond donors (Lipinski definition) is 0. The summed E-state index contributed by atoms with van der Waals surface area (Å²) in [6.07, 6.45) is 2.52. The number of methoxy groups -OCH3 is 2. The van der Waals surface area contributed by atoms with Crippen LogP contribution < -0.4 is 20.7 Å². The average molecular weight is 397 g/mol. The molecule has 0 atom stereocenters. The van der Waals surface area contributed by atoms with E-state index in [2.05, 4.69) is 4.98 Å². The number of ether oxygens (including phenoxy) is 2. The van der Waals surface area contributed by atoms with Crippen molar-refractivity contribution in [2.24, 2.45) is 7.05 Å². The highest BCUT2D eigenvalue weighted by atomic mass is 16.5. The molecule has 152 valence electrons. The summed E-state index contributed by atoms with van der Waals surface area (Å²) in [7, 11) is 4.82. The summed E-state index contributed by atoms with van der Waals surface area (Å²) in [4.78, 5) is 30.4.